The summed E-state index contributed by atoms with van der Waals surface area (Å²) in [6, 6.07) is 6.90. The zero-order valence-corrected chi connectivity index (χ0v) is 10.5. The SMILES string of the molecule is O=C(O)CCc1cccc(NC(=O)c2c[nH]c(=O)[nH]2)c1. The first-order chi connectivity index (χ1) is 9.54. The average Bonchev–Trinajstić information content (AvgIpc) is 2.84. The number of carbonyl (C=O) groups excluding carboxylic acids is 1. The molecule has 0 fully saturated rings. The Morgan fingerprint density at radius 3 is 2.75 bits per heavy atom. The molecule has 2 aromatic rings. The molecule has 0 spiro atoms. The smallest absolute Gasteiger partial charge is 0.323 e. The van der Waals surface area contributed by atoms with E-state index in [-0.39, 0.29) is 12.1 Å². The molecule has 1 heterocycles. The topological polar surface area (TPSA) is 115 Å². The fourth-order valence-electron chi connectivity index (χ4n) is 1.71. The first-order valence-corrected chi connectivity index (χ1v) is 5.94. The number of aromatic amines is 2. The van der Waals surface area contributed by atoms with E-state index in [1.165, 1.54) is 6.20 Å². The number of anilines is 1. The van der Waals surface area contributed by atoms with Crippen LogP contribution in [0, 0.1) is 0 Å². The number of aryl methyl sites for hydroxylation is 1. The number of H-pyrrole nitrogens is 2. The van der Waals surface area contributed by atoms with Crippen LogP contribution < -0.4 is 11.0 Å². The van der Waals surface area contributed by atoms with Crippen molar-refractivity contribution in [2.75, 3.05) is 5.32 Å². The molecule has 4 N–H and O–H groups in total. The summed E-state index contributed by atoms with van der Waals surface area (Å²) in [5, 5.41) is 11.3. The van der Waals surface area contributed by atoms with E-state index in [9.17, 15) is 14.4 Å². The number of hydrogen-bond acceptors (Lipinski definition) is 3. The van der Waals surface area contributed by atoms with Gasteiger partial charge in [-0.15, -0.1) is 0 Å². The minimum atomic E-state index is -0.871. The molecule has 0 saturated heterocycles. The number of aliphatic carboxylic acids is 1. The molecule has 0 aliphatic rings. The third-order valence-corrected chi connectivity index (χ3v) is 2.65. The Bertz CT molecular complexity index is 687. The first-order valence-electron chi connectivity index (χ1n) is 5.94. The van der Waals surface area contributed by atoms with E-state index in [4.69, 9.17) is 5.11 Å². The summed E-state index contributed by atoms with van der Waals surface area (Å²) in [7, 11) is 0. The van der Waals surface area contributed by atoms with Crippen LogP contribution in [0.15, 0.2) is 35.3 Å². The average molecular weight is 275 g/mol. The Kier molecular flexibility index (Phi) is 3.99. The molecule has 1 aromatic heterocycles. The molecule has 20 heavy (non-hydrogen) atoms. The van der Waals surface area contributed by atoms with E-state index in [1.54, 1.807) is 24.3 Å². The Labute approximate surface area is 113 Å². The number of hydrogen-bond donors (Lipinski definition) is 4. The van der Waals surface area contributed by atoms with Gasteiger partial charge in [-0.25, -0.2) is 4.79 Å². The second-order valence-corrected chi connectivity index (χ2v) is 4.20. The number of carbonyl (C=O) groups is 2. The summed E-state index contributed by atoms with van der Waals surface area (Å²) in [6.45, 7) is 0. The van der Waals surface area contributed by atoms with Crippen molar-refractivity contribution in [1.29, 1.82) is 0 Å². The van der Waals surface area contributed by atoms with Gasteiger partial charge in [-0.05, 0) is 24.1 Å². The van der Waals surface area contributed by atoms with Gasteiger partial charge in [0.25, 0.3) is 5.91 Å². The predicted molar refractivity (Wildman–Crippen MR) is 71.8 cm³/mol. The molecule has 1 aromatic carbocycles. The number of amides is 1. The van der Waals surface area contributed by atoms with Crippen LogP contribution in [0.2, 0.25) is 0 Å². The number of aromatic nitrogens is 2. The Morgan fingerprint density at radius 2 is 2.10 bits per heavy atom. The molecule has 0 aliphatic heterocycles. The van der Waals surface area contributed by atoms with Crippen LogP contribution in [-0.4, -0.2) is 27.0 Å². The van der Waals surface area contributed by atoms with E-state index in [0.717, 1.165) is 5.56 Å². The standard InChI is InChI=1S/C13H13N3O4/c17-11(18)5-4-8-2-1-3-9(6-8)15-12(19)10-7-14-13(20)16-10/h1-3,6-7H,4-5H2,(H,15,19)(H,17,18)(H2,14,16,20). The molecular weight excluding hydrogens is 262 g/mol. The maximum Gasteiger partial charge on any atom is 0.323 e. The summed E-state index contributed by atoms with van der Waals surface area (Å²) < 4.78 is 0. The van der Waals surface area contributed by atoms with Crippen LogP contribution in [0.5, 0.6) is 0 Å². The molecule has 0 aliphatic carbocycles. The number of rotatable bonds is 5. The van der Waals surface area contributed by atoms with Gasteiger partial charge in [0.2, 0.25) is 0 Å². The molecule has 1 amide bonds. The fraction of sp³-hybridized carbons (Fsp3) is 0.154. The van der Waals surface area contributed by atoms with E-state index in [1.807, 2.05) is 0 Å². The Balaban J connectivity index is 2.05. The van der Waals surface area contributed by atoms with Gasteiger partial charge < -0.3 is 20.4 Å². The highest BCUT2D eigenvalue weighted by molar-refractivity contribution is 6.02. The molecule has 0 atom stereocenters. The fourth-order valence-corrected chi connectivity index (χ4v) is 1.71. The zero-order valence-electron chi connectivity index (χ0n) is 10.5. The van der Waals surface area contributed by atoms with Crippen molar-refractivity contribution in [3.63, 3.8) is 0 Å². The maximum atomic E-state index is 11.8. The van der Waals surface area contributed by atoms with E-state index < -0.39 is 17.6 Å². The van der Waals surface area contributed by atoms with Gasteiger partial charge in [0.05, 0.1) is 0 Å². The zero-order chi connectivity index (χ0) is 14.5. The minimum absolute atomic E-state index is 0.0303. The third-order valence-electron chi connectivity index (χ3n) is 2.65. The maximum absolute atomic E-state index is 11.8. The molecule has 7 nitrogen and oxygen atoms in total. The van der Waals surface area contributed by atoms with Gasteiger partial charge in [-0.2, -0.15) is 0 Å². The molecule has 104 valence electrons. The first kappa shape index (κ1) is 13.6. The molecule has 0 bridgehead atoms. The number of carboxylic acids is 1. The molecular formula is C13H13N3O4. The summed E-state index contributed by atoms with van der Waals surface area (Å²) >= 11 is 0. The quantitative estimate of drug-likeness (QED) is 0.650. The number of benzene rings is 1. The van der Waals surface area contributed by atoms with Gasteiger partial charge in [0.1, 0.15) is 5.69 Å². The van der Waals surface area contributed by atoms with Gasteiger partial charge >= 0.3 is 11.7 Å². The highest BCUT2D eigenvalue weighted by Crippen LogP contribution is 2.13. The summed E-state index contributed by atoms with van der Waals surface area (Å²) in [4.78, 5) is 37.9. The number of imidazole rings is 1. The summed E-state index contributed by atoms with van der Waals surface area (Å²) in [5.74, 6) is -1.32. The lowest BCUT2D eigenvalue weighted by atomic mass is 10.1. The van der Waals surface area contributed by atoms with Crippen LogP contribution in [-0.2, 0) is 11.2 Å². The number of nitrogens with one attached hydrogen (secondary N) is 3. The van der Waals surface area contributed by atoms with Gasteiger partial charge in [-0.1, -0.05) is 12.1 Å². The van der Waals surface area contributed by atoms with E-state index in [0.29, 0.717) is 12.1 Å². The van der Waals surface area contributed by atoms with Crippen LogP contribution in [0.3, 0.4) is 0 Å². The Morgan fingerprint density at radius 1 is 1.30 bits per heavy atom. The van der Waals surface area contributed by atoms with Gasteiger partial charge in [0.15, 0.2) is 0 Å². The normalized spacial score (nSPS) is 10.2. The predicted octanol–water partition coefficient (Wildman–Crippen LogP) is 0.973. The van der Waals surface area contributed by atoms with Crippen LogP contribution >= 0.6 is 0 Å². The largest absolute Gasteiger partial charge is 0.481 e. The Hall–Kier alpha value is -2.83. The second-order valence-electron chi connectivity index (χ2n) is 4.20. The second kappa shape index (κ2) is 5.87. The summed E-state index contributed by atoms with van der Waals surface area (Å²) in [6.07, 6.45) is 1.70. The van der Waals surface area contributed by atoms with E-state index in [2.05, 4.69) is 15.3 Å². The lowest BCUT2D eigenvalue weighted by Crippen LogP contribution is -2.14. The number of carboxylic acid groups (broad SMARTS) is 1. The van der Waals surface area contributed by atoms with Crippen molar-refractivity contribution >= 4 is 17.6 Å². The van der Waals surface area contributed by atoms with Crippen LogP contribution in [0.1, 0.15) is 22.5 Å². The van der Waals surface area contributed by atoms with Crippen molar-refractivity contribution in [2.24, 2.45) is 0 Å². The molecule has 0 radical (unpaired) electrons. The van der Waals surface area contributed by atoms with Crippen molar-refractivity contribution in [2.45, 2.75) is 12.8 Å². The molecule has 7 heteroatoms. The van der Waals surface area contributed by atoms with Crippen LogP contribution in [0.25, 0.3) is 0 Å². The summed E-state index contributed by atoms with van der Waals surface area (Å²) in [5.41, 5.74) is 1.03. The minimum Gasteiger partial charge on any atom is -0.481 e. The molecule has 0 saturated carbocycles. The highest BCUT2D eigenvalue weighted by atomic mass is 16.4. The van der Waals surface area contributed by atoms with Gasteiger partial charge in [0, 0.05) is 18.3 Å². The van der Waals surface area contributed by atoms with Crippen molar-refractivity contribution in [1.82, 2.24) is 9.97 Å². The van der Waals surface area contributed by atoms with Gasteiger partial charge in [-0.3, -0.25) is 9.59 Å². The molecule has 0 unspecified atom stereocenters. The van der Waals surface area contributed by atoms with Crippen molar-refractivity contribution in [3.8, 4) is 0 Å². The lowest BCUT2D eigenvalue weighted by molar-refractivity contribution is -0.136. The monoisotopic (exact) mass is 275 g/mol. The van der Waals surface area contributed by atoms with Crippen LogP contribution in [0.4, 0.5) is 5.69 Å². The highest BCUT2D eigenvalue weighted by Gasteiger charge is 2.08. The third kappa shape index (κ3) is 3.58. The van der Waals surface area contributed by atoms with Crippen molar-refractivity contribution in [3.05, 3.63) is 52.2 Å². The van der Waals surface area contributed by atoms with Crippen molar-refractivity contribution < 1.29 is 14.7 Å². The van der Waals surface area contributed by atoms with E-state index >= 15 is 0 Å². The lowest BCUT2D eigenvalue weighted by Gasteiger charge is -2.05. The molecule has 2 rings (SSSR count).